The average molecular weight is 340 g/mol. The van der Waals surface area contributed by atoms with Crippen molar-refractivity contribution in [2.45, 2.75) is 26.7 Å². The van der Waals surface area contributed by atoms with Gasteiger partial charge in [-0.3, -0.25) is 9.59 Å². The number of hydrogen-bond acceptors (Lipinski definition) is 3. The van der Waals surface area contributed by atoms with Crippen molar-refractivity contribution in [3.8, 4) is 5.75 Å². The second-order valence-corrected chi connectivity index (χ2v) is 6.19. The molecule has 2 amide bonds. The Morgan fingerprint density at radius 2 is 1.76 bits per heavy atom. The zero-order chi connectivity index (χ0) is 18.4. The molecule has 0 aromatic heterocycles. The van der Waals surface area contributed by atoms with Crippen molar-refractivity contribution in [2.75, 3.05) is 19.0 Å². The highest BCUT2D eigenvalue weighted by molar-refractivity contribution is 5.95. The third kappa shape index (κ3) is 5.08. The summed E-state index contributed by atoms with van der Waals surface area (Å²) >= 11 is 0. The van der Waals surface area contributed by atoms with E-state index in [4.69, 9.17) is 4.74 Å². The van der Waals surface area contributed by atoms with E-state index in [1.54, 1.807) is 31.3 Å². The van der Waals surface area contributed by atoms with E-state index in [2.05, 4.69) is 24.5 Å². The largest absolute Gasteiger partial charge is 0.483 e. The van der Waals surface area contributed by atoms with Gasteiger partial charge in [0.1, 0.15) is 5.75 Å². The van der Waals surface area contributed by atoms with Gasteiger partial charge in [0.2, 0.25) is 0 Å². The third-order valence-electron chi connectivity index (χ3n) is 3.81. The monoisotopic (exact) mass is 340 g/mol. The van der Waals surface area contributed by atoms with Gasteiger partial charge in [0.15, 0.2) is 6.61 Å². The van der Waals surface area contributed by atoms with E-state index in [1.165, 1.54) is 0 Å². The number of carbonyl (C=O) groups is 2. The number of amides is 2. The first-order valence-corrected chi connectivity index (χ1v) is 8.26. The lowest BCUT2D eigenvalue weighted by molar-refractivity contribution is -0.118. The summed E-state index contributed by atoms with van der Waals surface area (Å²) in [5, 5.41) is 5.32. The van der Waals surface area contributed by atoms with Crippen LogP contribution in [0.25, 0.3) is 0 Å². The molecule has 0 atom stereocenters. The maximum atomic E-state index is 12.1. The molecule has 0 aliphatic heterocycles. The molecule has 0 fully saturated rings. The fraction of sp³-hybridized carbons (Fsp3) is 0.300. The van der Waals surface area contributed by atoms with Crippen LogP contribution in [0, 0.1) is 6.92 Å². The average Bonchev–Trinajstić information content (AvgIpc) is 2.59. The van der Waals surface area contributed by atoms with Crippen LogP contribution >= 0.6 is 0 Å². The normalized spacial score (nSPS) is 10.4. The van der Waals surface area contributed by atoms with Crippen LogP contribution in [0.3, 0.4) is 0 Å². The van der Waals surface area contributed by atoms with Crippen LogP contribution in [0.15, 0.2) is 42.5 Å². The number of rotatable bonds is 6. The number of aryl methyl sites for hydroxylation is 1. The van der Waals surface area contributed by atoms with Crippen molar-refractivity contribution in [3.63, 3.8) is 0 Å². The minimum atomic E-state index is -0.246. The number of carbonyl (C=O) groups excluding carboxylic acids is 2. The maximum absolute atomic E-state index is 12.1. The second kappa shape index (κ2) is 8.33. The van der Waals surface area contributed by atoms with Crippen molar-refractivity contribution in [1.82, 2.24) is 5.32 Å². The van der Waals surface area contributed by atoms with Gasteiger partial charge in [0.05, 0.1) is 0 Å². The Morgan fingerprint density at radius 1 is 1.08 bits per heavy atom. The predicted molar refractivity (Wildman–Crippen MR) is 99.2 cm³/mol. The molecule has 0 bridgehead atoms. The minimum Gasteiger partial charge on any atom is -0.483 e. The molecule has 25 heavy (non-hydrogen) atoms. The van der Waals surface area contributed by atoms with Crippen molar-refractivity contribution in [3.05, 3.63) is 59.2 Å². The Kier molecular flexibility index (Phi) is 6.17. The first-order valence-electron chi connectivity index (χ1n) is 8.26. The quantitative estimate of drug-likeness (QED) is 0.846. The van der Waals surface area contributed by atoms with Gasteiger partial charge in [-0.2, -0.15) is 0 Å². The van der Waals surface area contributed by atoms with Crippen LogP contribution in [-0.4, -0.2) is 25.5 Å². The van der Waals surface area contributed by atoms with Crippen molar-refractivity contribution < 1.29 is 14.3 Å². The van der Waals surface area contributed by atoms with E-state index in [0.29, 0.717) is 17.2 Å². The molecule has 0 radical (unpaired) electrons. The van der Waals surface area contributed by atoms with Gasteiger partial charge in [-0.25, -0.2) is 0 Å². The van der Waals surface area contributed by atoms with Crippen LogP contribution in [-0.2, 0) is 4.79 Å². The molecule has 0 heterocycles. The lowest BCUT2D eigenvalue weighted by Gasteiger charge is -2.15. The number of nitrogens with one attached hydrogen (secondary N) is 2. The van der Waals surface area contributed by atoms with Gasteiger partial charge in [-0.15, -0.1) is 0 Å². The molecule has 0 aliphatic rings. The number of anilines is 1. The van der Waals surface area contributed by atoms with Crippen molar-refractivity contribution in [1.29, 1.82) is 0 Å². The van der Waals surface area contributed by atoms with E-state index >= 15 is 0 Å². The van der Waals surface area contributed by atoms with Crippen molar-refractivity contribution in [2.24, 2.45) is 0 Å². The Bertz CT molecular complexity index is 752. The molecule has 5 nitrogen and oxygen atoms in total. The molecule has 0 saturated carbocycles. The van der Waals surface area contributed by atoms with Crippen LogP contribution in [0.1, 0.15) is 41.3 Å². The van der Waals surface area contributed by atoms with E-state index in [0.717, 1.165) is 16.9 Å². The topological polar surface area (TPSA) is 67.4 Å². The standard InChI is InChI=1S/C20H24N2O3/c1-13(2)17-10-5-14(3)11-18(17)25-12-19(23)22-16-8-6-15(7-9-16)20(24)21-4/h5-11,13H,12H2,1-4H3,(H,21,24)(H,22,23). The van der Waals surface area contributed by atoms with Crippen LogP contribution in [0.2, 0.25) is 0 Å². The molecule has 0 unspecified atom stereocenters. The second-order valence-electron chi connectivity index (χ2n) is 6.19. The maximum Gasteiger partial charge on any atom is 0.262 e. The van der Waals surface area contributed by atoms with Crippen LogP contribution < -0.4 is 15.4 Å². The molecule has 132 valence electrons. The van der Waals surface area contributed by atoms with Crippen LogP contribution in [0.5, 0.6) is 5.75 Å². The Morgan fingerprint density at radius 3 is 2.36 bits per heavy atom. The predicted octanol–water partition coefficient (Wildman–Crippen LogP) is 3.50. The number of ether oxygens (including phenoxy) is 1. The fourth-order valence-electron chi connectivity index (χ4n) is 2.43. The lowest BCUT2D eigenvalue weighted by atomic mass is 10.0. The molecule has 5 heteroatoms. The molecular formula is C20H24N2O3. The third-order valence-corrected chi connectivity index (χ3v) is 3.81. The van der Waals surface area contributed by atoms with Gasteiger partial charge in [0, 0.05) is 18.3 Å². The summed E-state index contributed by atoms with van der Waals surface area (Å²) < 4.78 is 5.72. The summed E-state index contributed by atoms with van der Waals surface area (Å²) in [5.74, 6) is 0.641. The van der Waals surface area contributed by atoms with Crippen LogP contribution in [0.4, 0.5) is 5.69 Å². The smallest absolute Gasteiger partial charge is 0.262 e. The highest BCUT2D eigenvalue weighted by atomic mass is 16.5. The molecular weight excluding hydrogens is 316 g/mol. The van der Waals surface area contributed by atoms with Gasteiger partial charge < -0.3 is 15.4 Å². The molecule has 2 rings (SSSR count). The van der Waals surface area contributed by atoms with E-state index < -0.39 is 0 Å². The summed E-state index contributed by atoms with van der Waals surface area (Å²) in [6.45, 7) is 6.10. The molecule has 0 saturated heterocycles. The summed E-state index contributed by atoms with van der Waals surface area (Å²) in [6, 6.07) is 12.7. The van der Waals surface area contributed by atoms with E-state index in [9.17, 15) is 9.59 Å². The van der Waals surface area contributed by atoms with Gasteiger partial charge in [-0.1, -0.05) is 26.0 Å². The minimum absolute atomic E-state index is 0.0691. The Labute approximate surface area is 148 Å². The zero-order valence-electron chi connectivity index (χ0n) is 15.1. The fourth-order valence-corrected chi connectivity index (χ4v) is 2.43. The molecule has 2 aromatic carbocycles. The summed E-state index contributed by atoms with van der Waals surface area (Å²) in [4.78, 5) is 23.6. The highest BCUT2D eigenvalue weighted by Crippen LogP contribution is 2.27. The van der Waals surface area contributed by atoms with Crippen molar-refractivity contribution >= 4 is 17.5 Å². The van der Waals surface area contributed by atoms with E-state index in [1.807, 2.05) is 25.1 Å². The SMILES string of the molecule is CNC(=O)c1ccc(NC(=O)COc2cc(C)ccc2C(C)C)cc1. The zero-order valence-corrected chi connectivity index (χ0v) is 15.1. The summed E-state index contributed by atoms with van der Waals surface area (Å²) in [7, 11) is 1.58. The molecule has 0 spiro atoms. The first-order chi connectivity index (χ1) is 11.9. The molecule has 2 N–H and O–H groups in total. The van der Waals surface area contributed by atoms with Gasteiger partial charge in [0.25, 0.3) is 11.8 Å². The summed E-state index contributed by atoms with van der Waals surface area (Å²) in [6.07, 6.45) is 0. The molecule has 2 aromatic rings. The summed E-state index contributed by atoms with van der Waals surface area (Å²) in [5.41, 5.74) is 3.32. The Balaban J connectivity index is 1.97. The van der Waals surface area contributed by atoms with Gasteiger partial charge in [-0.05, 0) is 54.3 Å². The number of benzene rings is 2. The highest BCUT2D eigenvalue weighted by Gasteiger charge is 2.11. The molecule has 0 aliphatic carbocycles. The number of hydrogen-bond donors (Lipinski definition) is 2. The van der Waals surface area contributed by atoms with Gasteiger partial charge >= 0.3 is 0 Å². The Hall–Kier alpha value is -2.82. The first kappa shape index (κ1) is 18.5. The lowest BCUT2D eigenvalue weighted by Crippen LogP contribution is -2.21. The van der Waals surface area contributed by atoms with E-state index in [-0.39, 0.29) is 18.4 Å².